The van der Waals surface area contributed by atoms with Gasteiger partial charge in [0.1, 0.15) is 0 Å². The summed E-state index contributed by atoms with van der Waals surface area (Å²) in [4.78, 5) is 14.8. The van der Waals surface area contributed by atoms with E-state index in [2.05, 4.69) is 10.2 Å². The Hall–Kier alpha value is -0.570. The summed E-state index contributed by atoms with van der Waals surface area (Å²) in [5.41, 5.74) is -0.419. The van der Waals surface area contributed by atoms with E-state index in [1.54, 1.807) is 0 Å². The molecular weight excluding hydrogens is 224 g/mol. The minimum atomic E-state index is -0.419. The van der Waals surface area contributed by atoms with Crippen molar-refractivity contribution in [3.8, 4) is 0 Å². The summed E-state index contributed by atoms with van der Waals surface area (Å²) in [5, 5.41) is 3.15. The van der Waals surface area contributed by atoms with Gasteiger partial charge in [-0.2, -0.15) is 0 Å². The third kappa shape index (κ3) is 2.71. The molecule has 2 fully saturated rings. The molecule has 104 valence electrons. The van der Waals surface area contributed by atoms with Crippen LogP contribution < -0.4 is 5.32 Å². The molecule has 0 aromatic heterocycles. The normalized spacial score (nSPS) is 26.6. The predicted octanol–water partition coefficient (Wildman–Crippen LogP) is 2.56. The summed E-state index contributed by atoms with van der Waals surface area (Å²) < 4.78 is 0. The molecule has 1 aliphatic heterocycles. The summed E-state index contributed by atoms with van der Waals surface area (Å²) >= 11 is 0. The van der Waals surface area contributed by atoms with E-state index in [1.807, 2.05) is 20.9 Å². The first kappa shape index (κ1) is 13.9. The van der Waals surface area contributed by atoms with Gasteiger partial charge in [0.25, 0.3) is 0 Å². The SMILES string of the molecule is CNC(C)(C)C(=O)N1CCCC1C1CCCCC1. The van der Waals surface area contributed by atoms with Gasteiger partial charge in [0.2, 0.25) is 5.91 Å². The Kier molecular flexibility index (Phi) is 4.31. The van der Waals surface area contributed by atoms with Crippen molar-refractivity contribution in [3.05, 3.63) is 0 Å². The van der Waals surface area contributed by atoms with Gasteiger partial charge in [-0.25, -0.2) is 0 Å². The highest BCUT2D eigenvalue weighted by molar-refractivity contribution is 5.86. The third-order valence-corrected chi connectivity index (χ3v) is 4.91. The molecule has 1 unspecified atom stereocenters. The first-order chi connectivity index (χ1) is 8.56. The smallest absolute Gasteiger partial charge is 0.242 e. The topological polar surface area (TPSA) is 32.3 Å². The monoisotopic (exact) mass is 252 g/mol. The fraction of sp³-hybridized carbons (Fsp3) is 0.933. The van der Waals surface area contributed by atoms with Crippen molar-refractivity contribution >= 4 is 5.91 Å². The van der Waals surface area contributed by atoms with Gasteiger partial charge in [-0.1, -0.05) is 19.3 Å². The van der Waals surface area contributed by atoms with Gasteiger partial charge < -0.3 is 10.2 Å². The van der Waals surface area contributed by atoms with E-state index < -0.39 is 5.54 Å². The summed E-state index contributed by atoms with van der Waals surface area (Å²) in [5.74, 6) is 1.05. The van der Waals surface area contributed by atoms with Crippen LogP contribution in [0.4, 0.5) is 0 Å². The second-order valence-corrected chi connectivity index (χ2v) is 6.48. The van der Waals surface area contributed by atoms with Gasteiger partial charge in [0.05, 0.1) is 5.54 Å². The number of nitrogens with one attached hydrogen (secondary N) is 1. The minimum Gasteiger partial charge on any atom is -0.338 e. The van der Waals surface area contributed by atoms with Gasteiger partial charge in [0, 0.05) is 12.6 Å². The minimum absolute atomic E-state index is 0.290. The van der Waals surface area contributed by atoms with E-state index >= 15 is 0 Å². The molecule has 1 saturated carbocycles. The van der Waals surface area contributed by atoms with E-state index in [0.717, 1.165) is 12.5 Å². The van der Waals surface area contributed by atoms with Crippen molar-refractivity contribution in [1.29, 1.82) is 0 Å². The molecule has 18 heavy (non-hydrogen) atoms. The molecule has 0 aromatic carbocycles. The standard InChI is InChI=1S/C15H28N2O/c1-15(2,16-3)14(18)17-11-7-10-13(17)12-8-5-4-6-9-12/h12-13,16H,4-11H2,1-3H3. The Labute approximate surface area is 111 Å². The van der Waals surface area contributed by atoms with Crippen LogP contribution in [0.1, 0.15) is 58.8 Å². The highest BCUT2D eigenvalue weighted by atomic mass is 16.2. The summed E-state index contributed by atoms with van der Waals surface area (Å²) in [6.45, 7) is 4.95. The Morgan fingerprint density at radius 2 is 1.78 bits per heavy atom. The molecule has 1 N–H and O–H groups in total. The van der Waals surface area contributed by atoms with Gasteiger partial charge in [-0.15, -0.1) is 0 Å². The van der Waals surface area contributed by atoms with Crippen molar-refractivity contribution in [3.63, 3.8) is 0 Å². The third-order valence-electron chi connectivity index (χ3n) is 4.91. The summed E-state index contributed by atoms with van der Waals surface area (Å²) in [6, 6.07) is 0.519. The lowest BCUT2D eigenvalue weighted by molar-refractivity contribution is -0.139. The molecular formula is C15H28N2O. The van der Waals surface area contributed by atoms with Crippen LogP contribution in [-0.4, -0.2) is 36.0 Å². The molecule has 0 radical (unpaired) electrons. The maximum atomic E-state index is 12.6. The number of nitrogens with zero attached hydrogens (tertiary/aromatic N) is 1. The number of likely N-dealkylation sites (N-methyl/N-ethyl adjacent to an activating group) is 1. The highest BCUT2D eigenvalue weighted by Crippen LogP contribution is 2.35. The van der Waals surface area contributed by atoms with Gasteiger partial charge >= 0.3 is 0 Å². The van der Waals surface area contributed by atoms with Crippen molar-refractivity contribution < 1.29 is 4.79 Å². The zero-order chi connectivity index (χ0) is 13.2. The molecule has 3 heteroatoms. The molecule has 0 spiro atoms. The number of likely N-dealkylation sites (tertiary alicyclic amines) is 1. The first-order valence-corrected chi connectivity index (χ1v) is 7.56. The molecule has 1 heterocycles. The molecule has 3 nitrogen and oxygen atoms in total. The maximum absolute atomic E-state index is 12.6. The Bertz CT molecular complexity index is 295. The fourth-order valence-electron chi connectivity index (χ4n) is 3.52. The van der Waals surface area contributed by atoms with Gasteiger partial charge in [-0.05, 0) is 52.5 Å². The molecule has 1 atom stereocenters. The van der Waals surface area contributed by atoms with Crippen molar-refractivity contribution in [2.45, 2.75) is 70.4 Å². The maximum Gasteiger partial charge on any atom is 0.242 e. The summed E-state index contributed by atoms with van der Waals surface area (Å²) in [6.07, 6.45) is 9.17. The van der Waals surface area contributed by atoms with Crippen molar-refractivity contribution in [2.75, 3.05) is 13.6 Å². The average molecular weight is 252 g/mol. The van der Waals surface area contributed by atoms with Crippen LogP contribution in [0.25, 0.3) is 0 Å². The molecule has 2 aliphatic rings. The van der Waals surface area contributed by atoms with E-state index in [0.29, 0.717) is 6.04 Å². The van der Waals surface area contributed by atoms with Gasteiger partial charge in [0.15, 0.2) is 0 Å². The molecule has 2 rings (SSSR count). The lowest BCUT2D eigenvalue weighted by atomic mass is 9.82. The first-order valence-electron chi connectivity index (χ1n) is 7.56. The number of carbonyl (C=O) groups excluding carboxylic acids is 1. The van der Waals surface area contributed by atoms with Crippen LogP contribution in [-0.2, 0) is 4.79 Å². The van der Waals surface area contributed by atoms with Gasteiger partial charge in [-0.3, -0.25) is 4.79 Å². The summed E-state index contributed by atoms with van der Waals surface area (Å²) in [7, 11) is 1.88. The number of rotatable bonds is 3. The van der Waals surface area contributed by atoms with Crippen LogP contribution >= 0.6 is 0 Å². The molecule has 1 amide bonds. The number of hydrogen-bond donors (Lipinski definition) is 1. The number of carbonyl (C=O) groups is 1. The van der Waals surface area contributed by atoms with E-state index in [9.17, 15) is 4.79 Å². The Balaban J connectivity index is 2.04. The van der Waals surface area contributed by atoms with Crippen LogP contribution in [0.3, 0.4) is 0 Å². The van der Waals surface area contributed by atoms with Crippen LogP contribution in [0.2, 0.25) is 0 Å². The number of hydrogen-bond acceptors (Lipinski definition) is 2. The quantitative estimate of drug-likeness (QED) is 0.837. The highest BCUT2D eigenvalue weighted by Gasteiger charge is 2.40. The van der Waals surface area contributed by atoms with E-state index in [1.165, 1.54) is 44.9 Å². The van der Waals surface area contributed by atoms with Crippen LogP contribution in [0.5, 0.6) is 0 Å². The fourth-order valence-corrected chi connectivity index (χ4v) is 3.52. The second-order valence-electron chi connectivity index (χ2n) is 6.48. The Morgan fingerprint density at radius 3 is 2.39 bits per heavy atom. The average Bonchev–Trinajstić information content (AvgIpc) is 2.87. The lowest BCUT2D eigenvalue weighted by Crippen LogP contribution is -2.55. The zero-order valence-electron chi connectivity index (χ0n) is 12.2. The second kappa shape index (κ2) is 5.60. The predicted molar refractivity (Wildman–Crippen MR) is 74.4 cm³/mol. The molecule has 1 saturated heterocycles. The molecule has 0 bridgehead atoms. The van der Waals surface area contributed by atoms with E-state index in [-0.39, 0.29) is 5.91 Å². The van der Waals surface area contributed by atoms with Crippen LogP contribution in [0, 0.1) is 5.92 Å². The lowest BCUT2D eigenvalue weighted by Gasteiger charge is -2.38. The molecule has 1 aliphatic carbocycles. The van der Waals surface area contributed by atoms with E-state index in [4.69, 9.17) is 0 Å². The Morgan fingerprint density at radius 1 is 1.11 bits per heavy atom. The van der Waals surface area contributed by atoms with Crippen LogP contribution in [0.15, 0.2) is 0 Å². The largest absolute Gasteiger partial charge is 0.338 e. The molecule has 0 aromatic rings. The zero-order valence-corrected chi connectivity index (χ0v) is 12.2. The number of amides is 1. The van der Waals surface area contributed by atoms with Crippen molar-refractivity contribution in [2.24, 2.45) is 5.92 Å². The van der Waals surface area contributed by atoms with Crippen molar-refractivity contribution in [1.82, 2.24) is 10.2 Å².